The maximum atomic E-state index is 12.3. The Morgan fingerprint density at radius 3 is 2.48 bits per heavy atom. The normalized spacial score (nSPS) is 11.5. The minimum absolute atomic E-state index is 0.106. The van der Waals surface area contributed by atoms with Gasteiger partial charge in [-0.05, 0) is 29.8 Å². The number of benzene rings is 2. The van der Waals surface area contributed by atoms with Gasteiger partial charge in [0.1, 0.15) is 0 Å². The molecule has 2 aromatic rings. The van der Waals surface area contributed by atoms with E-state index in [1.165, 1.54) is 20.2 Å². The Kier molecular flexibility index (Phi) is 5.41. The van der Waals surface area contributed by atoms with Gasteiger partial charge in [-0.15, -0.1) is 0 Å². The van der Waals surface area contributed by atoms with E-state index < -0.39 is 10.0 Å². The second-order valence-electron chi connectivity index (χ2n) is 5.09. The minimum atomic E-state index is -3.57. The monoisotopic (exact) mass is 352 g/mol. The number of carbonyl (C=O) groups is 1. The number of rotatable bonds is 5. The maximum absolute atomic E-state index is 12.3. The standard InChI is InChI=1S/C16H17ClN2O3S/c1-19(2)23(21,22)15-9-4-3-6-13(15)11-18-16(20)12-7-5-8-14(17)10-12/h3-10H,11H2,1-2H3,(H,18,20). The van der Waals surface area contributed by atoms with Gasteiger partial charge in [0.25, 0.3) is 5.91 Å². The first-order valence-electron chi connectivity index (χ1n) is 6.86. The SMILES string of the molecule is CN(C)S(=O)(=O)c1ccccc1CNC(=O)c1cccc(Cl)c1. The van der Waals surface area contributed by atoms with Crippen molar-refractivity contribution in [1.82, 2.24) is 9.62 Å². The van der Waals surface area contributed by atoms with Crippen LogP contribution in [0.4, 0.5) is 0 Å². The molecule has 0 aromatic heterocycles. The smallest absolute Gasteiger partial charge is 0.251 e. The third-order valence-electron chi connectivity index (χ3n) is 3.26. The molecule has 23 heavy (non-hydrogen) atoms. The van der Waals surface area contributed by atoms with Crippen LogP contribution in [0.5, 0.6) is 0 Å². The van der Waals surface area contributed by atoms with Gasteiger partial charge >= 0.3 is 0 Å². The van der Waals surface area contributed by atoms with Crippen LogP contribution in [0.1, 0.15) is 15.9 Å². The summed E-state index contributed by atoms with van der Waals surface area (Å²) in [7, 11) is -0.628. The molecule has 122 valence electrons. The molecule has 0 bridgehead atoms. The molecule has 2 aromatic carbocycles. The lowest BCUT2D eigenvalue weighted by Gasteiger charge is -2.15. The second kappa shape index (κ2) is 7.12. The van der Waals surface area contributed by atoms with Crippen LogP contribution >= 0.6 is 11.6 Å². The van der Waals surface area contributed by atoms with E-state index in [4.69, 9.17) is 11.6 Å². The summed E-state index contributed by atoms with van der Waals surface area (Å²) in [5.41, 5.74) is 0.946. The van der Waals surface area contributed by atoms with Crippen molar-refractivity contribution in [2.24, 2.45) is 0 Å². The largest absolute Gasteiger partial charge is 0.348 e. The summed E-state index contributed by atoms with van der Waals surface area (Å²) in [4.78, 5) is 12.3. The van der Waals surface area contributed by atoms with Crippen LogP contribution in [0.15, 0.2) is 53.4 Å². The molecule has 1 N–H and O–H groups in total. The zero-order valence-corrected chi connectivity index (χ0v) is 14.4. The van der Waals surface area contributed by atoms with E-state index in [1.54, 1.807) is 42.5 Å². The van der Waals surface area contributed by atoms with Crippen LogP contribution in [0.25, 0.3) is 0 Å². The molecule has 0 unspecified atom stereocenters. The molecule has 0 radical (unpaired) electrons. The predicted octanol–water partition coefficient (Wildman–Crippen LogP) is 2.52. The van der Waals surface area contributed by atoms with Crippen molar-refractivity contribution < 1.29 is 13.2 Å². The lowest BCUT2D eigenvalue weighted by atomic mass is 10.2. The molecule has 0 spiro atoms. The highest BCUT2D eigenvalue weighted by Crippen LogP contribution is 2.18. The number of nitrogens with zero attached hydrogens (tertiary/aromatic N) is 1. The van der Waals surface area contributed by atoms with Crippen LogP contribution in [-0.2, 0) is 16.6 Å². The number of amides is 1. The first-order chi connectivity index (χ1) is 10.8. The molecular weight excluding hydrogens is 336 g/mol. The summed E-state index contributed by atoms with van der Waals surface area (Å²) in [6.07, 6.45) is 0. The second-order valence-corrected chi connectivity index (χ2v) is 7.64. The molecule has 0 atom stereocenters. The van der Waals surface area contributed by atoms with E-state index in [0.717, 1.165) is 4.31 Å². The molecule has 0 aliphatic rings. The molecular formula is C16H17ClN2O3S. The van der Waals surface area contributed by atoms with Gasteiger partial charge in [0, 0.05) is 31.2 Å². The third kappa shape index (κ3) is 4.10. The highest BCUT2D eigenvalue weighted by molar-refractivity contribution is 7.89. The molecule has 0 aliphatic carbocycles. The molecule has 0 saturated carbocycles. The van der Waals surface area contributed by atoms with Crippen molar-refractivity contribution in [1.29, 1.82) is 0 Å². The number of hydrogen-bond donors (Lipinski definition) is 1. The first kappa shape index (κ1) is 17.5. The van der Waals surface area contributed by atoms with Crippen LogP contribution in [0, 0.1) is 0 Å². The lowest BCUT2D eigenvalue weighted by molar-refractivity contribution is 0.0950. The number of sulfonamides is 1. The Morgan fingerprint density at radius 1 is 1.13 bits per heavy atom. The highest BCUT2D eigenvalue weighted by Gasteiger charge is 2.20. The lowest BCUT2D eigenvalue weighted by Crippen LogP contribution is -2.27. The van der Waals surface area contributed by atoms with E-state index in [1.807, 2.05) is 0 Å². The van der Waals surface area contributed by atoms with Gasteiger partial charge in [0.05, 0.1) is 4.90 Å². The summed E-state index contributed by atoms with van der Waals surface area (Å²) >= 11 is 5.86. The third-order valence-corrected chi connectivity index (χ3v) is 5.41. The Morgan fingerprint density at radius 2 is 1.83 bits per heavy atom. The summed E-state index contributed by atoms with van der Waals surface area (Å²) in [6, 6.07) is 13.1. The number of nitrogens with one attached hydrogen (secondary N) is 1. The molecule has 7 heteroatoms. The Bertz CT molecular complexity index is 820. The fraction of sp³-hybridized carbons (Fsp3) is 0.188. The van der Waals surface area contributed by atoms with Gasteiger partial charge < -0.3 is 5.32 Å². The average molecular weight is 353 g/mol. The molecule has 0 aliphatic heterocycles. The summed E-state index contributed by atoms with van der Waals surface area (Å²) in [6.45, 7) is 0.106. The van der Waals surface area contributed by atoms with Gasteiger partial charge in [-0.1, -0.05) is 35.9 Å². The molecule has 0 saturated heterocycles. The Hall–Kier alpha value is -1.89. The van der Waals surface area contributed by atoms with Gasteiger partial charge in [0.15, 0.2) is 0 Å². The van der Waals surface area contributed by atoms with Crippen molar-refractivity contribution in [2.45, 2.75) is 11.4 Å². The van der Waals surface area contributed by atoms with Crippen LogP contribution < -0.4 is 5.32 Å². The van der Waals surface area contributed by atoms with E-state index in [-0.39, 0.29) is 17.3 Å². The maximum Gasteiger partial charge on any atom is 0.251 e. The van der Waals surface area contributed by atoms with Crippen molar-refractivity contribution in [3.63, 3.8) is 0 Å². The Balaban J connectivity index is 2.20. The van der Waals surface area contributed by atoms with E-state index in [0.29, 0.717) is 16.1 Å². The zero-order valence-electron chi connectivity index (χ0n) is 12.8. The summed E-state index contributed by atoms with van der Waals surface area (Å²) in [5.74, 6) is -0.315. The number of halogens is 1. The van der Waals surface area contributed by atoms with E-state index in [2.05, 4.69) is 5.32 Å². The molecule has 2 rings (SSSR count). The first-order valence-corrected chi connectivity index (χ1v) is 8.68. The van der Waals surface area contributed by atoms with Crippen LogP contribution in [-0.4, -0.2) is 32.7 Å². The van der Waals surface area contributed by atoms with Gasteiger partial charge in [-0.25, -0.2) is 12.7 Å². The molecule has 5 nitrogen and oxygen atoms in total. The van der Waals surface area contributed by atoms with Gasteiger partial charge in [-0.2, -0.15) is 0 Å². The van der Waals surface area contributed by atoms with Crippen LogP contribution in [0.3, 0.4) is 0 Å². The molecule has 0 heterocycles. The summed E-state index contributed by atoms with van der Waals surface area (Å²) < 4.78 is 25.8. The molecule has 1 amide bonds. The zero-order chi connectivity index (χ0) is 17.0. The average Bonchev–Trinajstić information content (AvgIpc) is 2.52. The number of carbonyl (C=O) groups excluding carboxylic acids is 1. The van der Waals surface area contributed by atoms with Gasteiger partial charge in [-0.3, -0.25) is 4.79 Å². The van der Waals surface area contributed by atoms with E-state index in [9.17, 15) is 13.2 Å². The topological polar surface area (TPSA) is 66.5 Å². The van der Waals surface area contributed by atoms with Crippen molar-refractivity contribution in [2.75, 3.05) is 14.1 Å². The highest BCUT2D eigenvalue weighted by atomic mass is 35.5. The van der Waals surface area contributed by atoms with Crippen LogP contribution in [0.2, 0.25) is 5.02 Å². The fourth-order valence-electron chi connectivity index (χ4n) is 2.01. The molecule has 0 fully saturated rings. The van der Waals surface area contributed by atoms with Crippen molar-refractivity contribution in [3.8, 4) is 0 Å². The summed E-state index contributed by atoms with van der Waals surface area (Å²) in [5, 5.41) is 3.18. The number of hydrogen-bond acceptors (Lipinski definition) is 3. The van der Waals surface area contributed by atoms with Gasteiger partial charge in [0.2, 0.25) is 10.0 Å². The van der Waals surface area contributed by atoms with E-state index >= 15 is 0 Å². The fourth-order valence-corrected chi connectivity index (χ4v) is 3.31. The van der Waals surface area contributed by atoms with Crippen molar-refractivity contribution in [3.05, 3.63) is 64.7 Å². The quantitative estimate of drug-likeness (QED) is 0.899. The minimum Gasteiger partial charge on any atom is -0.348 e. The van der Waals surface area contributed by atoms with Crippen molar-refractivity contribution >= 4 is 27.5 Å². The predicted molar refractivity (Wildman–Crippen MR) is 89.9 cm³/mol. The Labute approximate surface area is 140 Å².